The lowest BCUT2D eigenvalue weighted by Crippen LogP contribution is -2.37. The van der Waals surface area contributed by atoms with E-state index < -0.39 is 5.92 Å². The molecule has 4 aromatic rings. The number of nitrogens with zero attached hydrogens (tertiary/aromatic N) is 3. The van der Waals surface area contributed by atoms with Crippen LogP contribution in [-0.2, 0) is 16.1 Å². The van der Waals surface area contributed by atoms with E-state index in [4.69, 9.17) is 4.98 Å². The highest BCUT2D eigenvalue weighted by Gasteiger charge is 2.38. The van der Waals surface area contributed by atoms with Crippen LogP contribution in [0.3, 0.4) is 0 Å². The molecule has 0 spiro atoms. The fraction of sp³-hybridized carbons (Fsp3) is 0.160. The molecule has 0 N–H and O–H groups in total. The topological polar surface area (TPSA) is 53.5 Å². The average molecular weight is 428 g/mol. The van der Waals surface area contributed by atoms with Gasteiger partial charge >= 0.3 is 0 Å². The number of fused-ring (bicyclic) bond motifs is 1. The molecule has 1 aliphatic rings. The van der Waals surface area contributed by atoms with Crippen LogP contribution in [0, 0.1) is 5.92 Å². The minimum Gasteiger partial charge on any atom is -0.312 e. The summed E-state index contributed by atoms with van der Waals surface area (Å²) in [6, 6.07) is 27.3. The van der Waals surface area contributed by atoms with Crippen LogP contribution in [0.15, 0.2) is 84.9 Å². The molecule has 31 heavy (non-hydrogen) atoms. The van der Waals surface area contributed by atoms with Gasteiger partial charge in [-0.15, -0.1) is 0 Å². The fourth-order valence-electron chi connectivity index (χ4n) is 3.93. The second kappa shape index (κ2) is 8.32. The minimum atomic E-state index is -0.400. The van der Waals surface area contributed by atoms with Crippen LogP contribution in [0.2, 0.25) is 0 Å². The van der Waals surface area contributed by atoms with E-state index in [2.05, 4.69) is 0 Å². The van der Waals surface area contributed by atoms with Gasteiger partial charge in [0.25, 0.3) is 0 Å². The van der Waals surface area contributed by atoms with Gasteiger partial charge in [0.15, 0.2) is 5.13 Å². The van der Waals surface area contributed by atoms with Gasteiger partial charge in [0.05, 0.1) is 22.7 Å². The molecule has 0 bridgehead atoms. The number of amides is 2. The third-order valence-corrected chi connectivity index (χ3v) is 6.56. The lowest BCUT2D eigenvalue weighted by atomic mass is 10.1. The Labute approximate surface area is 184 Å². The number of aromatic nitrogens is 1. The summed E-state index contributed by atoms with van der Waals surface area (Å²) in [5, 5.41) is 0.667. The van der Waals surface area contributed by atoms with Gasteiger partial charge in [0, 0.05) is 18.7 Å². The Morgan fingerprint density at radius 1 is 0.968 bits per heavy atom. The zero-order valence-electron chi connectivity index (χ0n) is 16.8. The number of rotatable bonds is 5. The Morgan fingerprint density at radius 3 is 2.39 bits per heavy atom. The molecule has 5 nitrogen and oxygen atoms in total. The zero-order valence-corrected chi connectivity index (χ0v) is 17.7. The molecule has 3 aromatic carbocycles. The molecule has 2 amide bonds. The van der Waals surface area contributed by atoms with E-state index in [1.54, 1.807) is 9.80 Å². The third-order valence-electron chi connectivity index (χ3n) is 5.51. The van der Waals surface area contributed by atoms with Gasteiger partial charge in [-0.05, 0) is 29.8 Å². The molecular formula is C25H21N3O2S. The molecule has 0 aliphatic carbocycles. The maximum Gasteiger partial charge on any atom is 0.234 e. The number of thiazole rings is 1. The fourth-order valence-corrected chi connectivity index (χ4v) is 4.90. The van der Waals surface area contributed by atoms with Crippen molar-refractivity contribution in [3.8, 4) is 0 Å². The van der Waals surface area contributed by atoms with Gasteiger partial charge < -0.3 is 4.90 Å². The number of hydrogen-bond acceptors (Lipinski definition) is 4. The summed E-state index contributed by atoms with van der Waals surface area (Å²) >= 11 is 1.51. The van der Waals surface area contributed by atoms with E-state index in [1.807, 2.05) is 84.9 Å². The van der Waals surface area contributed by atoms with Crippen molar-refractivity contribution >= 4 is 44.2 Å². The predicted octanol–water partition coefficient (Wildman–Crippen LogP) is 4.88. The highest BCUT2D eigenvalue weighted by Crippen LogP contribution is 2.33. The van der Waals surface area contributed by atoms with Gasteiger partial charge in [-0.1, -0.05) is 72.0 Å². The van der Waals surface area contributed by atoms with Crippen molar-refractivity contribution < 1.29 is 9.59 Å². The van der Waals surface area contributed by atoms with Gasteiger partial charge in [0.2, 0.25) is 11.8 Å². The highest BCUT2D eigenvalue weighted by atomic mass is 32.1. The van der Waals surface area contributed by atoms with Gasteiger partial charge in [-0.3, -0.25) is 14.5 Å². The van der Waals surface area contributed by atoms with Crippen LogP contribution < -0.4 is 9.80 Å². The average Bonchev–Trinajstić information content (AvgIpc) is 3.42. The smallest absolute Gasteiger partial charge is 0.234 e. The van der Waals surface area contributed by atoms with Crippen molar-refractivity contribution in [2.75, 3.05) is 16.3 Å². The second-order valence-corrected chi connectivity index (χ2v) is 8.62. The van der Waals surface area contributed by atoms with Crippen LogP contribution in [0.1, 0.15) is 12.0 Å². The number of carbonyl (C=O) groups excluding carboxylic acids is 2. The Morgan fingerprint density at radius 2 is 1.65 bits per heavy atom. The first-order chi connectivity index (χ1) is 15.2. The predicted molar refractivity (Wildman–Crippen MR) is 124 cm³/mol. The van der Waals surface area contributed by atoms with E-state index in [1.165, 1.54) is 11.3 Å². The quantitative estimate of drug-likeness (QED) is 0.456. The van der Waals surface area contributed by atoms with Crippen molar-refractivity contribution in [1.29, 1.82) is 0 Å². The molecule has 1 aromatic heterocycles. The van der Waals surface area contributed by atoms with Crippen LogP contribution in [0.25, 0.3) is 10.2 Å². The van der Waals surface area contributed by atoms with E-state index >= 15 is 0 Å². The number of para-hydroxylation sites is 2. The maximum absolute atomic E-state index is 13.7. The van der Waals surface area contributed by atoms with Crippen LogP contribution in [0.5, 0.6) is 0 Å². The first-order valence-electron chi connectivity index (χ1n) is 10.3. The number of hydrogen-bond donors (Lipinski definition) is 0. The number of benzene rings is 3. The van der Waals surface area contributed by atoms with Gasteiger partial charge in [-0.2, -0.15) is 0 Å². The van der Waals surface area contributed by atoms with Crippen LogP contribution >= 0.6 is 11.3 Å². The second-order valence-electron chi connectivity index (χ2n) is 7.62. The third kappa shape index (κ3) is 3.94. The van der Waals surface area contributed by atoms with Crippen molar-refractivity contribution in [1.82, 2.24) is 4.98 Å². The maximum atomic E-state index is 13.7. The summed E-state index contributed by atoms with van der Waals surface area (Å²) in [6.45, 7) is 0.813. The van der Waals surface area contributed by atoms with Gasteiger partial charge in [-0.25, -0.2) is 4.98 Å². The summed E-state index contributed by atoms with van der Waals surface area (Å²) < 4.78 is 1.04. The molecule has 1 unspecified atom stereocenters. The van der Waals surface area contributed by atoms with Crippen molar-refractivity contribution in [2.24, 2.45) is 5.92 Å². The molecule has 0 saturated carbocycles. The molecule has 1 saturated heterocycles. The molecule has 5 rings (SSSR count). The normalized spacial score (nSPS) is 16.1. The number of carbonyl (C=O) groups is 2. The SMILES string of the molecule is O=C1CC(C(=O)N(Cc2ccccc2)c2nc3ccccc3s2)CN1c1ccccc1. The lowest BCUT2D eigenvalue weighted by Gasteiger charge is -2.23. The summed E-state index contributed by atoms with van der Waals surface area (Å²) in [5.41, 5.74) is 2.73. The van der Waals surface area contributed by atoms with E-state index in [-0.39, 0.29) is 18.2 Å². The van der Waals surface area contributed by atoms with Crippen molar-refractivity contribution in [3.63, 3.8) is 0 Å². The van der Waals surface area contributed by atoms with Crippen molar-refractivity contribution in [3.05, 3.63) is 90.5 Å². The van der Waals surface area contributed by atoms with Crippen molar-refractivity contribution in [2.45, 2.75) is 13.0 Å². The molecule has 1 fully saturated rings. The largest absolute Gasteiger partial charge is 0.312 e. The molecule has 6 heteroatoms. The zero-order chi connectivity index (χ0) is 21.2. The molecule has 1 aliphatic heterocycles. The first kappa shape index (κ1) is 19.5. The lowest BCUT2D eigenvalue weighted by molar-refractivity contribution is -0.124. The number of anilines is 2. The Balaban J connectivity index is 1.46. The highest BCUT2D eigenvalue weighted by molar-refractivity contribution is 7.22. The molecule has 154 valence electrons. The summed E-state index contributed by atoms with van der Waals surface area (Å²) in [6.07, 6.45) is 0.212. The van der Waals surface area contributed by atoms with Gasteiger partial charge in [0.1, 0.15) is 0 Å². The summed E-state index contributed by atoms with van der Waals surface area (Å²) in [4.78, 5) is 34.5. The Bertz CT molecular complexity index is 1190. The molecule has 2 heterocycles. The first-order valence-corrected chi connectivity index (χ1v) is 11.1. The summed E-state index contributed by atoms with van der Waals surface area (Å²) in [7, 11) is 0. The molecule has 1 atom stereocenters. The van der Waals surface area contributed by atoms with Crippen LogP contribution in [0.4, 0.5) is 10.8 Å². The van der Waals surface area contributed by atoms with E-state index in [0.29, 0.717) is 18.2 Å². The Hall–Kier alpha value is -3.51. The monoisotopic (exact) mass is 427 g/mol. The minimum absolute atomic E-state index is 0.0199. The molecule has 0 radical (unpaired) electrons. The Kier molecular flexibility index (Phi) is 5.22. The standard InChI is InChI=1S/C25H21N3O2S/c29-23-15-19(17-27(23)20-11-5-2-6-12-20)24(30)28(16-18-9-3-1-4-10-18)25-26-21-13-7-8-14-22(21)31-25/h1-14,19H,15-17H2. The van der Waals surface area contributed by atoms with E-state index in [9.17, 15) is 9.59 Å². The van der Waals surface area contributed by atoms with Crippen LogP contribution in [-0.4, -0.2) is 23.3 Å². The summed E-state index contributed by atoms with van der Waals surface area (Å²) in [5.74, 6) is -0.480. The molecular weight excluding hydrogens is 406 g/mol. The van der Waals surface area contributed by atoms with E-state index in [0.717, 1.165) is 21.5 Å².